The second kappa shape index (κ2) is 7.81. The number of para-hydroxylation sites is 1. The van der Waals surface area contributed by atoms with E-state index in [0.717, 1.165) is 25.3 Å². The highest BCUT2D eigenvalue weighted by molar-refractivity contribution is 5.33. The van der Waals surface area contributed by atoms with Crippen LogP contribution in [-0.2, 0) is 6.42 Å². The molecule has 0 aromatic heterocycles. The highest BCUT2D eigenvalue weighted by Crippen LogP contribution is 2.25. The molecule has 3 heteroatoms. The number of ether oxygens (including phenoxy) is 1. The number of nitrogens with one attached hydrogen (secondary N) is 1. The zero-order valence-corrected chi connectivity index (χ0v) is 13.9. The van der Waals surface area contributed by atoms with Crippen LogP contribution in [-0.4, -0.2) is 43.7 Å². The van der Waals surface area contributed by atoms with E-state index in [1.807, 2.05) is 6.07 Å². The van der Waals surface area contributed by atoms with Gasteiger partial charge in [0.25, 0.3) is 0 Å². The Balaban J connectivity index is 1.92. The molecule has 118 valence electrons. The SMILES string of the molecule is CCNC1CCN(CCc2ccccc2OC)C(C)C1C. The van der Waals surface area contributed by atoms with Gasteiger partial charge in [-0.1, -0.05) is 32.0 Å². The van der Waals surface area contributed by atoms with Crippen LogP contribution in [0.1, 0.15) is 32.8 Å². The highest BCUT2D eigenvalue weighted by Gasteiger charge is 2.31. The van der Waals surface area contributed by atoms with E-state index in [1.54, 1.807) is 7.11 Å². The Morgan fingerprint density at radius 1 is 1.29 bits per heavy atom. The average molecular weight is 290 g/mol. The van der Waals surface area contributed by atoms with Gasteiger partial charge in [0.2, 0.25) is 0 Å². The van der Waals surface area contributed by atoms with Crippen molar-refractivity contribution in [3.05, 3.63) is 29.8 Å². The first kappa shape index (κ1) is 16.3. The summed E-state index contributed by atoms with van der Waals surface area (Å²) in [5.41, 5.74) is 1.31. The zero-order valence-electron chi connectivity index (χ0n) is 13.9. The summed E-state index contributed by atoms with van der Waals surface area (Å²) in [5.74, 6) is 1.72. The third kappa shape index (κ3) is 3.98. The van der Waals surface area contributed by atoms with Crippen LogP contribution in [0.5, 0.6) is 5.75 Å². The number of likely N-dealkylation sites (tertiary alicyclic amines) is 1. The van der Waals surface area contributed by atoms with Gasteiger partial charge in [-0.3, -0.25) is 4.90 Å². The molecule has 3 atom stereocenters. The Morgan fingerprint density at radius 2 is 2.05 bits per heavy atom. The molecule has 0 spiro atoms. The second-order valence-corrected chi connectivity index (χ2v) is 6.15. The molecular weight excluding hydrogens is 260 g/mol. The molecule has 21 heavy (non-hydrogen) atoms. The van der Waals surface area contributed by atoms with E-state index < -0.39 is 0 Å². The van der Waals surface area contributed by atoms with Gasteiger partial charge in [0.1, 0.15) is 5.75 Å². The minimum Gasteiger partial charge on any atom is -0.496 e. The van der Waals surface area contributed by atoms with Gasteiger partial charge in [-0.05, 0) is 50.4 Å². The monoisotopic (exact) mass is 290 g/mol. The van der Waals surface area contributed by atoms with E-state index in [0.29, 0.717) is 18.0 Å². The van der Waals surface area contributed by atoms with Crippen LogP contribution in [0.25, 0.3) is 0 Å². The highest BCUT2D eigenvalue weighted by atomic mass is 16.5. The molecule has 1 aromatic carbocycles. The van der Waals surface area contributed by atoms with Crippen molar-refractivity contribution >= 4 is 0 Å². The lowest BCUT2D eigenvalue weighted by molar-refractivity contribution is 0.0866. The van der Waals surface area contributed by atoms with Crippen LogP contribution >= 0.6 is 0 Å². The van der Waals surface area contributed by atoms with Crippen molar-refractivity contribution in [2.75, 3.05) is 26.7 Å². The lowest BCUT2D eigenvalue weighted by Gasteiger charge is -2.43. The molecule has 0 saturated carbocycles. The van der Waals surface area contributed by atoms with Crippen LogP contribution in [0.3, 0.4) is 0 Å². The Kier molecular flexibility index (Phi) is 6.07. The first-order chi connectivity index (χ1) is 10.2. The number of piperidine rings is 1. The van der Waals surface area contributed by atoms with Gasteiger partial charge in [-0.25, -0.2) is 0 Å². The van der Waals surface area contributed by atoms with E-state index >= 15 is 0 Å². The topological polar surface area (TPSA) is 24.5 Å². The van der Waals surface area contributed by atoms with Gasteiger partial charge in [0.05, 0.1) is 7.11 Å². The number of hydrogen-bond acceptors (Lipinski definition) is 3. The lowest BCUT2D eigenvalue weighted by atomic mass is 9.86. The van der Waals surface area contributed by atoms with Gasteiger partial charge in [-0.2, -0.15) is 0 Å². The minimum atomic E-state index is 0.637. The van der Waals surface area contributed by atoms with Crippen molar-refractivity contribution in [3.63, 3.8) is 0 Å². The third-order valence-corrected chi connectivity index (χ3v) is 5.03. The number of hydrogen-bond donors (Lipinski definition) is 1. The number of benzene rings is 1. The normalized spacial score (nSPS) is 26.8. The molecule has 1 aromatic rings. The maximum absolute atomic E-state index is 5.45. The molecule has 1 heterocycles. The lowest BCUT2D eigenvalue weighted by Crippen LogP contribution is -2.53. The molecule has 1 N–H and O–H groups in total. The van der Waals surface area contributed by atoms with Crippen molar-refractivity contribution in [2.45, 2.75) is 45.7 Å². The first-order valence-corrected chi connectivity index (χ1v) is 8.26. The predicted molar refractivity (Wildman–Crippen MR) is 89.0 cm³/mol. The van der Waals surface area contributed by atoms with Gasteiger partial charge >= 0.3 is 0 Å². The first-order valence-electron chi connectivity index (χ1n) is 8.26. The summed E-state index contributed by atoms with van der Waals surface area (Å²) >= 11 is 0. The fourth-order valence-corrected chi connectivity index (χ4v) is 3.48. The Bertz CT molecular complexity index is 435. The van der Waals surface area contributed by atoms with Crippen molar-refractivity contribution in [1.29, 1.82) is 0 Å². The summed E-state index contributed by atoms with van der Waals surface area (Å²) in [6.07, 6.45) is 2.32. The minimum absolute atomic E-state index is 0.637. The predicted octanol–water partition coefficient (Wildman–Crippen LogP) is 2.95. The molecule has 1 aliphatic heterocycles. The summed E-state index contributed by atoms with van der Waals surface area (Å²) in [5, 5.41) is 3.63. The van der Waals surface area contributed by atoms with Crippen LogP contribution in [0, 0.1) is 5.92 Å². The smallest absolute Gasteiger partial charge is 0.122 e. The molecule has 0 radical (unpaired) electrons. The summed E-state index contributed by atoms with van der Waals surface area (Å²) in [4.78, 5) is 2.63. The van der Waals surface area contributed by atoms with E-state index in [1.165, 1.54) is 18.5 Å². The van der Waals surface area contributed by atoms with Crippen LogP contribution < -0.4 is 10.1 Å². The molecule has 2 rings (SSSR count). The van der Waals surface area contributed by atoms with Crippen molar-refractivity contribution in [2.24, 2.45) is 5.92 Å². The largest absolute Gasteiger partial charge is 0.496 e. The van der Waals surface area contributed by atoms with E-state index in [-0.39, 0.29) is 0 Å². The molecule has 0 aliphatic carbocycles. The zero-order chi connectivity index (χ0) is 15.2. The molecule has 1 aliphatic rings. The van der Waals surface area contributed by atoms with E-state index in [2.05, 4.69) is 49.2 Å². The quantitative estimate of drug-likeness (QED) is 0.872. The maximum Gasteiger partial charge on any atom is 0.122 e. The molecule has 1 saturated heterocycles. The number of methoxy groups -OCH3 is 1. The maximum atomic E-state index is 5.45. The van der Waals surface area contributed by atoms with Crippen molar-refractivity contribution in [1.82, 2.24) is 10.2 Å². The van der Waals surface area contributed by atoms with Gasteiger partial charge < -0.3 is 10.1 Å². The average Bonchev–Trinajstić information content (AvgIpc) is 2.51. The van der Waals surface area contributed by atoms with Gasteiger partial charge in [-0.15, -0.1) is 0 Å². The fraction of sp³-hybridized carbons (Fsp3) is 0.667. The number of nitrogens with zero attached hydrogens (tertiary/aromatic N) is 1. The van der Waals surface area contributed by atoms with Gasteiger partial charge in [0, 0.05) is 18.6 Å². The summed E-state index contributed by atoms with van der Waals surface area (Å²) in [6.45, 7) is 10.3. The summed E-state index contributed by atoms with van der Waals surface area (Å²) < 4.78 is 5.45. The van der Waals surface area contributed by atoms with E-state index in [4.69, 9.17) is 4.74 Å². The standard InChI is InChI=1S/C18H30N2O/c1-5-19-17-11-13-20(15(3)14(17)2)12-10-16-8-6-7-9-18(16)21-4/h6-9,14-15,17,19H,5,10-13H2,1-4H3. The summed E-state index contributed by atoms with van der Waals surface area (Å²) in [7, 11) is 1.76. The van der Waals surface area contributed by atoms with Crippen LogP contribution in [0.2, 0.25) is 0 Å². The molecule has 3 unspecified atom stereocenters. The van der Waals surface area contributed by atoms with Crippen molar-refractivity contribution < 1.29 is 4.74 Å². The van der Waals surface area contributed by atoms with E-state index in [9.17, 15) is 0 Å². The van der Waals surface area contributed by atoms with Crippen molar-refractivity contribution in [3.8, 4) is 5.75 Å². The Morgan fingerprint density at radius 3 is 2.76 bits per heavy atom. The molecule has 1 fully saturated rings. The molecule has 3 nitrogen and oxygen atoms in total. The summed E-state index contributed by atoms with van der Waals surface area (Å²) in [6, 6.07) is 9.68. The third-order valence-electron chi connectivity index (χ3n) is 5.03. The second-order valence-electron chi connectivity index (χ2n) is 6.15. The molecule has 0 bridgehead atoms. The number of rotatable bonds is 6. The molecular formula is C18H30N2O. The van der Waals surface area contributed by atoms with Crippen LogP contribution in [0.4, 0.5) is 0 Å². The van der Waals surface area contributed by atoms with Gasteiger partial charge in [0.15, 0.2) is 0 Å². The Hall–Kier alpha value is -1.06. The molecule has 0 amide bonds. The fourth-order valence-electron chi connectivity index (χ4n) is 3.48. The Labute approximate surface area is 129 Å². The van der Waals surface area contributed by atoms with Crippen LogP contribution in [0.15, 0.2) is 24.3 Å².